The van der Waals surface area contributed by atoms with Crippen LogP contribution in [-0.4, -0.2) is 40.5 Å². The normalized spacial score (nSPS) is 16.1. The van der Waals surface area contributed by atoms with Crippen LogP contribution in [0.1, 0.15) is 24.0 Å². The lowest BCUT2D eigenvalue weighted by Crippen LogP contribution is -2.33. The van der Waals surface area contributed by atoms with Crippen LogP contribution in [0.25, 0.3) is 10.9 Å². The summed E-state index contributed by atoms with van der Waals surface area (Å²) in [5, 5.41) is 4.05. The molecule has 6 nitrogen and oxygen atoms in total. The first kappa shape index (κ1) is 20.6. The zero-order chi connectivity index (χ0) is 20.9. The molecule has 2 heterocycles. The molecule has 1 fully saturated rings. The average Bonchev–Trinajstić information content (AvgIpc) is 3.28. The fraction of sp³-hybridized carbons (Fsp3) is 0.348. The van der Waals surface area contributed by atoms with E-state index in [1.54, 1.807) is 10.6 Å². The quantitative estimate of drug-likeness (QED) is 0.467. The third-order valence-electron chi connectivity index (χ3n) is 5.17. The van der Waals surface area contributed by atoms with Crippen LogP contribution >= 0.6 is 11.8 Å². The Kier molecular flexibility index (Phi) is 6.50. The van der Waals surface area contributed by atoms with Gasteiger partial charge in [0.05, 0.1) is 29.3 Å². The van der Waals surface area contributed by atoms with E-state index in [1.807, 2.05) is 49.4 Å². The molecule has 0 radical (unpaired) electrons. The first-order chi connectivity index (χ1) is 14.6. The number of hydrogen-bond donors (Lipinski definition) is 1. The van der Waals surface area contributed by atoms with Gasteiger partial charge >= 0.3 is 0 Å². The number of carbonyl (C=O) groups is 1. The molecule has 30 heavy (non-hydrogen) atoms. The van der Waals surface area contributed by atoms with Crippen molar-refractivity contribution in [3.05, 3.63) is 70.0 Å². The number of nitrogens with one attached hydrogen (secondary N) is 1. The van der Waals surface area contributed by atoms with Gasteiger partial charge in [-0.15, -0.1) is 0 Å². The predicted molar refractivity (Wildman–Crippen MR) is 119 cm³/mol. The Balaban J connectivity index is 1.54. The standard InChI is InChI=1S/C23H25N3O3S/c1-16-8-10-17(11-9-16)14-26-22(28)19-6-2-3-7-20(19)25-23(26)30-15-21(27)24-13-18-5-4-12-29-18/h2-3,6-11,18H,4-5,12-15H2,1H3,(H,24,27). The zero-order valence-corrected chi connectivity index (χ0v) is 17.8. The Morgan fingerprint density at radius 3 is 2.80 bits per heavy atom. The lowest BCUT2D eigenvalue weighted by Gasteiger charge is -2.14. The number of amides is 1. The number of nitrogens with zero attached hydrogens (tertiary/aromatic N) is 2. The van der Waals surface area contributed by atoms with E-state index < -0.39 is 0 Å². The minimum absolute atomic E-state index is 0.0835. The van der Waals surface area contributed by atoms with E-state index in [1.165, 1.54) is 17.3 Å². The number of hydrogen-bond acceptors (Lipinski definition) is 5. The molecule has 1 aromatic heterocycles. The molecule has 2 aromatic carbocycles. The largest absolute Gasteiger partial charge is 0.376 e. The van der Waals surface area contributed by atoms with Crippen LogP contribution in [0.2, 0.25) is 0 Å². The maximum absolute atomic E-state index is 13.2. The van der Waals surface area contributed by atoms with Crippen molar-refractivity contribution in [3.63, 3.8) is 0 Å². The van der Waals surface area contributed by atoms with Gasteiger partial charge in [0.25, 0.3) is 5.56 Å². The molecule has 1 unspecified atom stereocenters. The molecule has 1 atom stereocenters. The van der Waals surface area contributed by atoms with Crippen LogP contribution in [-0.2, 0) is 16.1 Å². The minimum Gasteiger partial charge on any atom is -0.376 e. The maximum Gasteiger partial charge on any atom is 0.262 e. The summed E-state index contributed by atoms with van der Waals surface area (Å²) in [4.78, 5) is 30.2. The van der Waals surface area contributed by atoms with Gasteiger partial charge in [-0.2, -0.15) is 0 Å². The van der Waals surface area contributed by atoms with Gasteiger partial charge in [-0.1, -0.05) is 53.7 Å². The van der Waals surface area contributed by atoms with E-state index >= 15 is 0 Å². The number of rotatable bonds is 7. The van der Waals surface area contributed by atoms with Gasteiger partial charge in [0.1, 0.15) is 0 Å². The van der Waals surface area contributed by atoms with E-state index in [4.69, 9.17) is 4.74 Å². The molecule has 4 rings (SSSR count). The van der Waals surface area contributed by atoms with E-state index in [9.17, 15) is 9.59 Å². The van der Waals surface area contributed by atoms with Gasteiger partial charge in [0, 0.05) is 13.2 Å². The summed E-state index contributed by atoms with van der Waals surface area (Å²) in [6.07, 6.45) is 2.13. The van der Waals surface area contributed by atoms with E-state index in [0.717, 1.165) is 25.0 Å². The van der Waals surface area contributed by atoms with Crippen molar-refractivity contribution in [3.8, 4) is 0 Å². The Hall–Kier alpha value is -2.64. The molecule has 1 N–H and O–H groups in total. The fourth-order valence-corrected chi connectivity index (χ4v) is 4.32. The van der Waals surface area contributed by atoms with Crippen LogP contribution in [0.3, 0.4) is 0 Å². The Morgan fingerprint density at radius 2 is 2.03 bits per heavy atom. The number of aryl methyl sites for hydroxylation is 1. The number of fused-ring (bicyclic) bond motifs is 1. The van der Waals surface area contributed by atoms with Crippen molar-refractivity contribution in [2.45, 2.75) is 37.6 Å². The Morgan fingerprint density at radius 1 is 1.23 bits per heavy atom. The van der Waals surface area contributed by atoms with Gasteiger partial charge in [-0.05, 0) is 37.5 Å². The summed E-state index contributed by atoms with van der Waals surface area (Å²) in [7, 11) is 0. The SMILES string of the molecule is Cc1ccc(Cn2c(SCC(=O)NCC3CCCO3)nc3ccccc3c2=O)cc1. The number of ether oxygens (including phenoxy) is 1. The molecule has 156 valence electrons. The molecule has 0 saturated carbocycles. The lowest BCUT2D eigenvalue weighted by atomic mass is 10.1. The van der Waals surface area contributed by atoms with Crippen molar-refractivity contribution in [2.24, 2.45) is 0 Å². The molecule has 0 spiro atoms. The van der Waals surface area contributed by atoms with Crippen LogP contribution in [0.15, 0.2) is 58.5 Å². The predicted octanol–water partition coefficient (Wildman–Crippen LogP) is 3.14. The lowest BCUT2D eigenvalue weighted by molar-refractivity contribution is -0.119. The van der Waals surface area contributed by atoms with Crippen LogP contribution in [0, 0.1) is 6.92 Å². The summed E-state index contributed by atoms with van der Waals surface area (Å²) >= 11 is 1.29. The van der Waals surface area contributed by atoms with Crippen LogP contribution in [0.4, 0.5) is 0 Å². The monoisotopic (exact) mass is 423 g/mol. The van der Waals surface area contributed by atoms with Gasteiger partial charge in [-0.3, -0.25) is 14.2 Å². The molecule has 1 aliphatic rings. The van der Waals surface area contributed by atoms with Crippen molar-refractivity contribution in [1.82, 2.24) is 14.9 Å². The van der Waals surface area contributed by atoms with Gasteiger partial charge in [0.2, 0.25) is 5.91 Å². The summed E-state index contributed by atoms with van der Waals surface area (Å²) < 4.78 is 7.20. The minimum atomic E-state index is -0.0940. The summed E-state index contributed by atoms with van der Waals surface area (Å²) in [5.41, 5.74) is 2.73. The van der Waals surface area contributed by atoms with Crippen LogP contribution in [0.5, 0.6) is 0 Å². The Bertz CT molecular complexity index is 1090. The second-order valence-corrected chi connectivity index (χ2v) is 8.46. The topological polar surface area (TPSA) is 73.2 Å². The number of thioether (sulfide) groups is 1. The highest BCUT2D eigenvalue weighted by molar-refractivity contribution is 7.99. The highest BCUT2D eigenvalue weighted by Gasteiger charge is 2.17. The highest BCUT2D eigenvalue weighted by atomic mass is 32.2. The summed E-state index contributed by atoms with van der Waals surface area (Å²) in [6.45, 7) is 3.74. The van der Waals surface area contributed by atoms with Gasteiger partial charge < -0.3 is 10.1 Å². The van der Waals surface area contributed by atoms with Gasteiger partial charge in [0.15, 0.2) is 5.16 Å². The van der Waals surface area contributed by atoms with Crippen molar-refractivity contribution in [2.75, 3.05) is 18.9 Å². The van der Waals surface area contributed by atoms with Crippen molar-refractivity contribution in [1.29, 1.82) is 0 Å². The smallest absolute Gasteiger partial charge is 0.262 e. The van der Waals surface area contributed by atoms with E-state index in [2.05, 4.69) is 10.3 Å². The molecule has 1 aliphatic heterocycles. The number of aromatic nitrogens is 2. The maximum atomic E-state index is 13.2. The highest BCUT2D eigenvalue weighted by Crippen LogP contribution is 2.19. The number of para-hydroxylation sites is 1. The van der Waals surface area contributed by atoms with E-state index in [0.29, 0.717) is 29.1 Å². The third kappa shape index (κ3) is 4.91. The number of carbonyl (C=O) groups excluding carboxylic acids is 1. The average molecular weight is 424 g/mol. The molecule has 1 amide bonds. The molecule has 7 heteroatoms. The van der Waals surface area contributed by atoms with Crippen molar-refractivity contribution < 1.29 is 9.53 Å². The Labute approximate surface area is 179 Å². The molecular formula is C23H25N3O3S. The molecule has 0 bridgehead atoms. The van der Waals surface area contributed by atoms with Crippen molar-refractivity contribution >= 4 is 28.6 Å². The molecule has 3 aromatic rings. The first-order valence-electron chi connectivity index (χ1n) is 10.2. The second kappa shape index (κ2) is 9.45. The molecule has 0 aliphatic carbocycles. The third-order valence-corrected chi connectivity index (χ3v) is 6.15. The van der Waals surface area contributed by atoms with Crippen LogP contribution < -0.4 is 10.9 Å². The summed E-state index contributed by atoms with van der Waals surface area (Å²) in [5.74, 6) is 0.116. The van der Waals surface area contributed by atoms with E-state index in [-0.39, 0.29) is 23.3 Å². The summed E-state index contributed by atoms with van der Waals surface area (Å²) in [6, 6.07) is 15.4. The molecule has 1 saturated heterocycles. The second-order valence-electron chi connectivity index (χ2n) is 7.52. The zero-order valence-electron chi connectivity index (χ0n) is 17.0. The number of benzene rings is 2. The van der Waals surface area contributed by atoms with Gasteiger partial charge in [-0.25, -0.2) is 4.98 Å². The molecular weight excluding hydrogens is 398 g/mol. The first-order valence-corrected chi connectivity index (χ1v) is 11.1. The fourth-order valence-electron chi connectivity index (χ4n) is 3.49.